The Labute approximate surface area is 183 Å². The molecule has 0 fully saturated rings. The first-order valence-electron chi connectivity index (χ1n) is 10.2. The van der Waals surface area contributed by atoms with Gasteiger partial charge in [0.2, 0.25) is 6.10 Å². The molecule has 31 heavy (non-hydrogen) atoms. The molecule has 1 aromatic heterocycles. The zero-order valence-corrected chi connectivity index (χ0v) is 17.6. The summed E-state index contributed by atoms with van der Waals surface area (Å²) in [5, 5.41) is 4.80. The van der Waals surface area contributed by atoms with Crippen molar-refractivity contribution < 1.29 is 18.7 Å². The van der Waals surface area contributed by atoms with E-state index in [0.717, 1.165) is 42.4 Å². The maximum Gasteiger partial charge on any atom is 0.284 e. The minimum Gasteiger partial charge on any atom is -0.485 e. The lowest BCUT2D eigenvalue weighted by molar-refractivity contribution is -0.130. The molecule has 1 aliphatic heterocycles. The number of thioether (sulfide) groups is 1. The number of hydrogen-bond acceptors (Lipinski definition) is 7. The van der Waals surface area contributed by atoms with Crippen molar-refractivity contribution in [3.05, 3.63) is 59.0 Å². The van der Waals surface area contributed by atoms with E-state index in [0.29, 0.717) is 16.7 Å². The maximum absolute atomic E-state index is 12.4. The van der Waals surface area contributed by atoms with Crippen molar-refractivity contribution in [1.29, 1.82) is 0 Å². The largest absolute Gasteiger partial charge is 0.485 e. The molecule has 1 aliphatic carbocycles. The highest BCUT2D eigenvalue weighted by molar-refractivity contribution is 8.02. The number of nitrogens with one attached hydrogen (secondary N) is 1. The first-order valence-corrected chi connectivity index (χ1v) is 11.0. The van der Waals surface area contributed by atoms with Crippen LogP contribution in [0.4, 0.5) is 0 Å². The Morgan fingerprint density at radius 1 is 1.10 bits per heavy atom. The zero-order valence-electron chi connectivity index (χ0n) is 16.7. The molecule has 0 saturated heterocycles. The van der Waals surface area contributed by atoms with Crippen molar-refractivity contribution >= 4 is 35.0 Å². The molecule has 0 radical (unpaired) electrons. The van der Waals surface area contributed by atoms with Gasteiger partial charge in [-0.15, -0.1) is 0 Å². The number of aromatic nitrogens is 1. The molecule has 2 heterocycles. The second kappa shape index (κ2) is 8.85. The predicted octanol–water partition coefficient (Wildman–Crippen LogP) is 4.69. The van der Waals surface area contributed by atoms with Crippen LogP contribution in [0, 0.1) is 0 Å². The van der Waals surface area contributed by atoms with Gasteiger partial charge < -0.3 is 13.9 Å². The van der Waals surface area contributed by atoms with Crippen LogP contribution in [-0.2, 0) is 4.79 Å². The summed E-state index contributed by atoms with van der Waals surface area (Å²) in [6.45, 7) is 0.153. The lowest BCUT2D eigenvalue weighted by atomic mass is 10.0. The van der Waals surface area contributed by atoms with E-state index >= 15 is 0 Å². The highest BCUT2D eigenvalue weighted by Crippen LogP contribution is 2.37. The fourth-order valence-corrected chi connectivity index (χ4v) is 4.57. The van der Waals surface area contributed by atoms with Gasteiger partial charge in [-0.25, -0.2) is 10.4 Å². The average Bonchev–Trinajstić information content (AvgIpc) is 3.22. The topological polar surface area (TPSA) is 86.0 Å². The number of fused-ring (bicyclic) bond motifs is 2. The monoisotopic (exact) mass is 435 g/mol. The second-order valence-corrected chi connectivity index (χ2v) is 8.35. The van der Waals surface area contributed by atoms with Gasteiger partial charge in [0.05, 0.1) is 6.21 Å². The van der Waals surface area contributed by atoms with E-state index in [1.807, 2.05) is 42.5 Å². The molecular weight excluding hydrogens is 414 g/mol. The predicted molar refractivity (Wildman–Crippen MR) is 118 cm³/mol. The second-order valence-electron chi connectivity index (χ2n) is 7.30. The molecule has 1 unspecified atom stereocenters. The SMILES string of the molecule is O=C(NN=CC1=C(Sc2nc3ccccc3o2)CCCC1)C1COc2ccccc2O1. The Morgan fingerprint density at radius 3 is 2.81 bits per heavy atom. The number of rotatable bonds is 5. The van der Waals surface area contributed by atoms with E-state index in [4.69, 9.17) is 13.9 Å². The molecule has 1 N–H and O–H groups in total. The number of para-hydroxylation sites is 4. The highest BCUT2D eigenvalue weighted by atomic mass is 32.2. The summed E-state index contributed by atoms with van der Waals surface area (Å²) in [5.41, 5.74) is 5.29. The van der Waals surface area contributed by atoms with E-state index < -0.39 is 6.10 Å². The smallest absolute Gasteiger partial charge is 0.284 e. The summed E-state index contributed by atoms with van der Waals surface area (Å²) in [6, 6.07) is 15.0. The molecular formula is C23H21N3O4S. The molecule has 8 heteroatoms. The third-order valence-electron chi connectivity index (χ3n) is 5.14. The van der Waals surface area contributed by atoms with Gasteiger partial charge >= 0.3 is 0 Å². The number of benzene rings is 2. The van der Waals surface area contributed by atoms with E-state index in [9.17, 15) is 4.79 Å². The van der Waals surface area contributed by atoms with Gasteiger partial charge in [-0.3, -0.25) is 4.79 Å². The van der Waals surface area contributed by atoms with E-state index in [1.54, 1.807) is 12.3 Å². The van der Waals surface area contributed by atoms with Crippen molar-refractivity contribution in [2.45, 2.75) is 37.0 Å². The quantitative estimate of drug-likeness (QED) is 0.462. The number of allylic oxidation sites excluding steroid dienone is 2. The van der Waals surface area contributed by atoms with Gasteiger partial charge in [0.1, 0.15) is 12.1 Å². The van der Waals surface area contributed by atoms with Crippen molar-refractivity contribution in [3.8, 4) is 11.5 Å². The number of hydrazone groups is 1. The Kier molecular flexibility index (Phi) is 5.62. The van der Waals surface area contributed by atoms with Gasteiger partial charge in [0, 0.05) is 0 Å². The van der Waals surface area contributed by atoms with Crippen LogP contribution in [0.5, 0.6) is 11.5 Å². The van der Waals surface area contributed by atoms with Crippen molar-refractivity contribution in [2.24, 2.45) is 5.10 Å². The minimum absolute atomic E-state index is 0.153. The van der Waals surface area contributed by atoms with E-state index in [2.05, 4.69) is 15.5 Å². The number of hydrogen-bond donors (Lipinski definition) is 1. The molecule has 7 nitrogen and oxygen atoms in total. The van der Waals surface area contributed by atoms with E-state index in [-0.39, 0.29) is 12.5 Å². The maximum atomic E-state index is 12.4. The van der Waals surface area contributed by atoms with Gasteiger partial charge in [-0.1, -0.05) is 24.3 Å². The third-order valence-corrected chi connectivity index (χ3v) is 6.20. The van der Waals surface area contributed by atoms with Gasteiger partial charge in [-0.2, -0.15) is 5.10 Å². The average molecular weight is 436 g/mol. The van der Waals surface area contributed by atoms with Crippen LogP contribution < -0.4 is 14.9 Å². The summed E-state index contributed by atoms with van der Waals surface area (Å²) >= 11 is 1.53. The first-order chi connectivity index (χ1) is 15.3. The number of oxazole rings is 1. The van der Waals surface area contributed by atoms with Crippen LogP contribution in [0.25, 0.3) is 11.1 Å². The number of nitrogens with zero attached hydrogens (tertiary/aromatic N) is 2. The number of amides is 1. The molecule has 0 bridgehead atoms. The summed E-state index contributed by atoms with van der Waals surface area (Å²) in [7, 11) is 0. The van der Waals surface area contributed by atoms with Gasteiger partial charge in [-0.05, 0) is 72.2 Å². The van der Waals surface area contributed by atoms with Crippen LogP contribution in [0.1, 0.15) is 25.7 Å². The first kappa shape index (κ1) is 19.7. The third kappa shape index (κ3) is 4.44. The van der Waals surface area contributed by atoms with E-state index in [1.165, 1.54) is 16.7 Å². The van der Waals surface area contributed by atoms with Gasteiger partial charge in [0.15, 0.2) is 17.1 Å². The Hall–Kier alpha value is -3.26. The summed E-state index contributed by atoms with van der Waals surface area (Å²) in [5.74, 6) is 0.864. The van der Waals surface area contributed by atoms with Crippen LogP contribution in [-0.4, -0.2) is 29.8 Å². The number of carbonyl (C=O) groups excluding carboxylic acids is 1. The summed E-state index contributed by atoms with van der Waals surface area (Å²) < 4.78 is 17.2. The molecule has 1 amide bonds. The van der Waals surface area contributed by atoms with Crippen molar-refractivity contribution in [1.82, 2.24) is 10.4 Å². The standard InChI is InChI=1S/C23H21N3O4S/c27-22(20-14-28-18-10-4-5-11-19(18)29-20)26-24-13-15-7-1-6-12-21(15)31-23-25-16-8-2-3-9-17(16)30-23/h2-5,8-11,13,20H,1,6-7,12,14H2,(H,26,27). The molecule has 1 atom stereocenters. The highest BCUT2D eigenvalue weighted by Gasteiger charge is 2.27. The Bertz CT molecular complexity index is 1140. The molecule has 2 aromatic carbocycles. The molecule has 3 aromatic rings. The van der Waals surface area contributed by atoms with Crippen molar-refractivity contribution in [2.75, 3.05) is 6.61 Å². The normalized spacial score (nSPS) is 18.5. The van der Waals surface area contributed by atoms with Crippen LogP contribution in [0.3, 0.4) is 0 Å². The lowest BCUT2D eigenvalue weighted by Crippen LogP contribution is -2.42. The number of carbonyl (C=O) groups is 1. The molecule has 2 aliphatic rings. The van der Waals surface area contributed by atoms with Crippen LogP contribution >= 0.6 is 11.8 Å². The summed E-state index contributed by atoms with van der Waals surface area (Å²) in [4.78, 5) is 18.2. The Morgan fingerprint density at radius 2 is 1.90 bits per heavy atom. The fourth-order valence-electron chi connectivity index (χ4n) is 3.55. The zero-order chi connectivity index (χ0) is 21.0. The molecule has 0 saturated carbocycles. The molecule has 158 valence electrons. The van der Waals surface area contributed by atoms with Crippen LogP contribution in [0.15, 0.2) is 73.8 Å². The van der Waals surface area contributed by atoms with Gasteiger partial charge in [0.25, 0.3) is 11.1 Å². The number of ether oxygens (including phenoxy) is 2. The molecule has 0 spiro atoms. The lowest BCUT2D eigenvalue weighted by Gasteiger charge is -2.24. The van der Waals surface area contributed by atoms with Crippen LogP contribution in [0.2, 0.25) is 0 Å². The Balaban J connectivity index is 1.25. The van der Waals surface area contributed by atoms with Crippen molar-refractivity contribution in [3.63, 3.8) is 0 Å². The summed E-state index contributed by atoms with van der Waals surface area (Å²) in [6.07, 6.45) is 5.02. The molecule has 5 rings (SSSR count). The fraction of sp³-hybridized carbons (Fsp3) is 0.261. The minimum atomic E-state index is -0.735.